The molecule has 2 rings (SSSR count). The highest BCUT2D eigenvalue weighted by atomic mass is 16.2. The molecule has 0 fully saturated rings. The number of hydrogen-bond donors (Lipinski definition) is 1. The lowest BCUT2D eigenvalue weighted by molar-refractivity contribution is -0.121. The van der Waals surface area contributed by atoms with Gasteiger partial charge in [-0.2, -0.15) is 5.10 Å². The van der Waals surface area contributed by atoms with Crippen LogP contribution in [0, 0.1) is 5.92 Å². The third kappa shape index (κ3) is 1.30. The van der Waals surface area contributed by atoms with Gasteiger partial charge in [-0.15, -0.1) is 0 Å². The Balaban J connectivity index is 2.34. The highest BCUT2D eigenvalue weighted by Gasteiger charge is 2.25. The number of rotatable bonds is 1. The molecule has 0 radical (unpaired) electrons. The third-order valence-electron chi connectivity index (χ3n) is 2.07. The van der Waals surface area contributed by atoms with Gasteiger partial charge >= 0.3 is 0 Å². The van der Waals surface area contributed by atoms with E-state index in [1.54, 1.807) is 12.4 Å². The Morgan fingerprint density at radius 1 is 1.38 bits per heavy atom. The lowest BCUT2D eigenvalue weighted by Crippen LogP contribution is -2.20. The molecule has 1 aromatic heterocycles. The van der Waals surface area contributed by atoms with Crippen LogP contribution < -0.4 is 5.43 Å². The third-order valence-corrected chi connectivity index (χ3v) is 2.07. The van der Waals surface area contributed by atoms with Crippen molar-refractivity contribution in [3.63, 3.8) is 0 Å². The monoisotopic (exact) mass is 175 g/mol. The first kappa shape index (κ1) is 7.91. The quantitative estimate of drug-likeness (QED) is 0.677. The zero-order valence-electron chi connectivity index (χ0n) is 7.19. The number of carbonyl (C=O) groups is 1. The molecule has 2 heterocycles. The molecule has 0 spiro atoms. The van der Waals surface area contributed by atoms with Crippen LogP contribution in [0.3, 0.4) is 0 Å². The standard InChI is InChI=1S/C9H9N3O/c1-6-8(11-12-9(6)13)7-2-4-10-5-3-7/h2-6H,1H3,(H,12,13). The van der Waals surface area contributed by atoms with Gasteiger partial charge in [0.25, 0.3) is 0 Å². The van der Waals surface area contributed by atoms with Crippen LogP contribution in [-0.4, -0.2) is 16.6 Å². The molecule has 13 heavy (non-hydrogen) atoms. The second-order valence-corrected chi connectivity index (χ2v) is 2.93. The number of nitrogens with zero attached hydrogens (tertiary/aromatic N) is 2. The van der Waals surface area contributed by atoms with Crippen molar-refractivity contribution < 1.29 is 4.79 Å². The minimum atomic E-state index is -0.164. The van der Waals surface area contributed by atoms with Gasteiger partial charge in [0, 0.05) is 18.0 Å². The molecule has 1 N–H and O–H groups in total. The maximum absolute atomic E-state index is 11.1. The summed E-state index contributed by atoms with van der Waals surface area (Å²) in [5.41, 5.74) is 4.18. The molecule has 4 nitrogen and oxygen atoms in total. The molecular formula is C9H9N3O. The second-order valence-electron chi connectivity index (χ2n) is 2.93. The van der Waals surface area contributed by atoms with Crippen LogP contribution in [0.1, 0.15) is 12.5 Å². The van der Waals surface area contributed by atoms with Gasteiger partial charge in [0.05, 0.1) is 11.6 Å². The number of pyridine rings is 1. The molecule has 0 saturated carbocycles. The normalized spacial score (nSPS) is 21.2. The number of carbonyl (C=O) groups excluding carboxylic acids is 1. The molecule has 4 heteroatoms. The number of nitrogens with one attached hydrogen (secondary N) is 1. The van der Waals surface area contributed by atoms with Crippen LogP contribution in [-0.2, 0) is 4.79 Å². The van der Waals surface area contributed by atoms with Crippen LogP contribution >= 0.6 is 0 Å². The molecular weight excluding hydrogens is 166 g/mol. The van der Waals surface area contributed by atoms with Crippen molar-refractivity contribution in [2.45, 2.75) is 6.92 Å². The van der Waals surface area contributed by atoms with Gasteiger partial charge in [0.1, 0.15) is 0 Å². The molecule has 0 aromatic carbocycles. The summed E-state index contributed by atoms with van der Waals surface area (Å²) in [6.45, 7) is 1.83. The van der Waals surface area contributed by atoms with E-state index in [0.717, 1.165) is 11.3 Å². The van der Waals surface area contributed by atoms with E-state index >= 15 is 0 Å². The van der Waals surface area contributed by atoms with Crippen LogP contribution in [0.2, 0.25) is 0 Å². The lowest BCUT2D eigenvalue weighted by Gasteiger charge is -2.02. The molecule has 1 unspecified atom stereocenters. The maximum Gasteiger partial charge on any atom is 0.249 e. The van der Waals surface area contributed by atoms with Crippen LogP contribution in [0.5, 0.6) is 0 Å². The van der Waals surface area contributed by atoms with E-state index in [1.165, 1.54) is 0 Å². The molecule has 0 saturated heterocycles. The summed E-state index contributed by atoms with van der Waals surface area (Å²) in [6.07, 6.45) is 3.38. The van der Waals surface area contributed by atoms with E-state index < -0.39 is 0 Å². The van der Waals surface area contributed by atoms with Crippen molar-refractivity contribution in [3.8, 4) is 0 Å². The van der Waals surface area contributed by atoms with Gasteiger partial charge in [0.15, 0.2) is 0 Å². The summed E-state index contributed by atoms with van der Waals surface area (Å²) < 4.78 is 0. The SMILES string of the molecule is CC1C(=O)NN=C1c1ccncc1. The topological polar surface area (TPSA) is 54.4 Å². The van der Waals surface area contributed by atoms with Crippen LogP contribution in [0.4, 0.5) is 0 Å². The van der Waals surface area contributed by atoms with Crippen molar-refractivity contribution in [2.24, 2.45) is 11.0 Å². The zero-order chi connectivity index (χ0) is 9.26. The minimum Gasteiger partial charge on any atom is -0.272 e. The number of amides is 1. The van der Waals surface area contributed by atoms with Crippen molar-refractivity contribution in [1.29, 1.82) is 0 Å². The van der Waals surface area contributed by atoms with Gasteiger partial charge in [0.2, 0.25) is 5.91 Å². The first-order valence-electron chi connectivity index (χ1n) is 4.07. The molecule has 0 aliphatic carbocycles. The van der Waals surface area contributed by atoms with E-state index in [0.29, 0.717) is 0 Å². The number of aromatic nitrogens is 1. The Kier molecular flexibility index (Phi) is 1.81. The van der Waals surface area contributed by atoms with Gasteiger partial charge in [-0.25, -0.2) is 5.43 Å². The Morgan fingerprint density at radius 3 is 2.62 bits per heavy atom. The maximum atomic E-state index is 11.1. The summed E-state index contributed by atoms with van der Waals surface area (Å²) in [4.78, 5) is 15.0. The highest BCUT2D eigenvalue weighted by Crippen LogP contribution is 2.13. The number of hydrazone groups is 1. The Bertz CT molecular complexity index is 358. The Labute approximate surface area is 75.7 Å². The lowest BCUT2D eigenvalue weighted by atomic mass is 10.0. The van der Waals surface area contributed by atoms with Crippen LogP contribution in [0.25, 0.3) is 0 Å². The van der Waals surface area contributed by atoms with E-state index in [1.807, 2.05) is 19.1 Å². The second kappa shape index (κ2) is 2.97. The Hall–Kier alpha value is -1.71. The summed E-state index contributed by atoms with van der Waals surface area (Å²) in [5, 5.41) is 3.96. The molecule has 66 valence electrons. The van der Waals surface area contributed by atoms with Crippen molar-refractivity contribution in [3.05, 3.63) is 30.1 Å². The highest BCUT2D eigenvalue weighted by molar-refractivity contribution is 6.15. The van der Waals surface area contributed by atoms with E-state index in [2.05, 4.69) is 15.5 Å². The fourth-order valence-electron chi connectivity index (χ4n) is 1.27. The minimum absolute atomic E-state index is 0.0492. The zero-order valence-corrected chi connectivity index (χ0v) is 7.19. The summed E-state index contributed by atoms with van der Waals surface area (Å²) in [5.74, 6) is -0.214. The summed E-state index contributed by atoms with van der Waals surface area (Å²) >= 11 is 0. The smallest absolute Gasteiger partial charge is 0.249 e. The molecule has 1 amide bonds. The molecule has 1 aliphatic rings. The Morgan fingerprint density at radius 2 is 2.08 bits per heavy atom. The first-order valence-corrected chi connectivity index (χ1v) is 4.07. The predicted octanol–water partition coefficient (Wildman–Crippen LogP) is 0.552. The van der Waals surface area contributed by atoms with Gasteiger partial charge in [-0.05, 0) is 19.1 Å². The average molecular weight is 175 g/mol. The van der Waals surface area contributed by atoms with E-state index in [-0.39, 0.29) is 11.8 Å². The van der Waals surface area contributed by atoms with E-state index in [9.17, 15) is 4.79 Å². The van der Waals surface area contributed by atoms with Crippen LogP contribution in [0.15, 0.2) is 29.6 Å². The summed E-state index contributed by atoms with van der Waals surface area (Å²) in [6, 6.07) is 3.69. The summed E-state index contributed by atoms with van der Waals surface area (Å²) in [7, 11) is 0. The molecule has 1 atom stereocenters. The van der Waals surface area contributed by atoms with Crippen molar-refractivity contribution >= 4 is 11.6 Å². The number of hydrogen-bond acceptors (Lipinski definition) is 3. The van der Waals surface area contributed by atoms with Crippen molar-refractivity contribution in [2.75, 3.05) is 0 Å². The van der Waals surface area contributed by atoms with Crippen molar-refractivity contribution in [1.82, 2.24) is 10.4 Å². The fraction of sp³-hybridized carbons (Fsp3) is 0.222. The molecule has 1 aliphatic heterocycles. The van der Waals surface area contributed by atoms with Gasteiger partial charge in [-0.1, -0.05) is 0 Å². The molecule has 1 aromatic rings. The van der Waals surface area contributed by atoms with Gasteiger partial charge in [-0.3, -0.25) is 9.78 Å². The predicted molar refractivity (Wildman–Crippen MR) is 48.1 cm³/mol. The van der Waals surface area contributed by atoms with Gasteiger partial charge < -0.3 is 0 Å². The molecule has 0 bridgehead atoms. The fourth-order valence-corrected chi connectivity index (χ4v) is 1.27. The van der Waals surface area contributed by atoms with E-state index in [4.69, 9.17) is 0 Å². The average Bonchev–Trinajstić information content (AvgIpc) is 2.49. The largest absolute Gasteiger partial charge is 0.272 e. The first-order chi connectivity index (χ1) is 6.29.